The van der Waals surface area contributed by atoms with Crippen LogP contribution in [0, 0.1) is 11.6 Å². The van der Waals surface area contributed by atoms with E-state index in [1.807, 2.05) is 12.2 Å². The van der Waals surface area contributed by atoms with Gasteiger partial charge in [0.25, 0.3) is 0 Å². The third-order valence-electron chi connectivity index (χ3n) is 5.79. The van der Waals surface area contributed by atoms with Crippen LogP contribution < -0.4 is 4.74 Å². The van der Waals surface area contributed by atoms with E-state index in [1.54, 1.807) is 0 Å². The number of carboxylic acid groups (broad SMARTS) is 1. The summed E-state index contributed by atoms with van der Waals surface area (Å²) in [5.74, 6) is -3.58. The Bertz CT molecular complexity index is 1300. The summed E-state index contributed by atoms with van der Waals surface area (Å²) in [4.78, 5) is 23.9. The molecule has 216 valence electrons. The van der Waals surface area contributed by atoms with Gasteiger partial charge in [-0.25, -0.2) is 13.6 Å². The largest absolute Gasteiger partial charge is 0.478 e. The third kappa shape index (κ3) is 13.5. The predicted molar refractivity (Wildman–Crippen MR) is 162 cm³/mol. The molecule has 0 aliphatic rings. The van der Waals surface area contributed by atoms with Gasteiger partial charge in [-0.2, -0.15) is 0 Å². The van der Waals surface area contributed by atoms with Crippen LogP contribution in [0.5, 0.6) is 5.75 Å². The standard InChI is InChI=1S/C35H38F2O4/c1-2-3-4-5-6-7-8-9-10-11-12-13-14-15-16-17-18-19-20-21-34(38)41-33-25-22-28(26-31(33)35(39)40)30-24-23-29(36)27-32(30)37/h3-4,6-7,9-10,12-13,15-16,18-19,22-27H,2,5,8,11,14,17,20-21H2,1H3,(H,39,40)/b4-3-,7-6-,10-9-,13-12-,16-15-,19-18-. The molecule has 6 heteroatoms. The molecule has 0 aromatic heterocycles. The summed E-state index contributed by atoms with van der Waals surface area (Å²) in [6.45, 7) is 2.13. The molecule has 0 radical (unpaired) electrons. The molecule has 0 heterocycles. The van der Waals surface area contributed by atoms with Crippen LogP contribution in [0.15, 0.2) is 109 Å². The molecule has 0 bridgehead atoms. The first-order chi connectivity index (χ1) is 19.9. The smallest absolute Gasteiger partial charge is 0.339 e. The number of hydrogen-bond donors (Lipinski definition) is 1. The first-order valence-corrected chi connectivity index (χ1v) is 13.9. The zero-order chi connectivity index (χ0) is 29.7. The molecular weight excluding hydrogens is 522 g/mol. The van der Waals surface area contributed by atoms with Gasteiger partial charge in [0, 0.05) is 18.1 Å². The number of carboxylic acids is 1. The van der Waals surface area contributed by atoms with Gasteiger partial charge in [0.15, 0.2) is 0 Å². The first-order valence-electron chi connectivity index (χ1n) is 13.9. The summed E-state index contributed by atoms with van der Waals surface area (Å²) in [5, 5.41) is 9.53. The average Bonchev–Trinajstić information content (AvgIpc) is 2.94. The lowest BCUT2D eigenvalue weighted by atomic mass is 10.0. The molecule has 0 aliphatic carbocycles. The van der Waals surface area contributed by atoms with Crippen LogP contribution in [0.1, 0.15) is 68.6 Å². The van der Waals surface area contributed by atoms with E-state index in [-0.39, 0.29) is 28.9 Å². The Balaban J connectivity index is 1.67. The zero-order valence-electron chi connectivity index (χ0n) is 23.5. The molecule has 4 nitrogen and oxygen atoms in total. The second-order valence-corrected chi connectivity index (χ2v) is 9.07. The van der Waals surface area contributed by atoms with Crippen LogP contribution in [-0.2, 0) is 4.79 Å². The van der Waals surface area contributed by atoms with E-state index in [4.69, 9.17) is 4.74 Å². The highest BCUT2D eigenvalue weighted by atomic mass is 19.1. The molecule has 1 N–H and O–H groups in total. The number of allylic oxidation sites excluding steroid dienone is 12. The summed E-state index contributed by atoms with van der Waals surface area (Å²) < 4.78 is 32.5. The lowest BCUT2D eigenvalue weighted by Gasteiger charge is -2.10. The van der Waals surface area contributed by atoms with Crippen LogP contribution in [0.2, 0.25) is 0 Å². The summed E-state index contributed by atoms with van der Waals surface area (Å²) >= 11 is 0. The molecule has 2 aromatic carbocycles. The Kier molecular flexibility index (Phi) is 15.8. The molecule has 0 saturated heterocycles. The second kappa shape index (κ2) is 19.7. The predicted octanol–water partition coefficient (Wildman–Crippen LogP) is 9.71. The quantitative estimate of drug-likeness (QED) is 0.119. The maximum Gasteiger partial charge on any atom is 0.339 e. The molecular formula is C35H38F2O4. The molecule has 2 aromatic rings. The minimum Gasteiger partial charge on any atom is -0.478 e. The van der Waals surface area contributed by atoms with Crippen molar-refractivity contribution >= 4 is 11.9 Å². The molecule has 0 saturated carbocycles. The molecule has 0 aliphatic heterocycles. The number of halogens is 2. The van der Waals surface area contributed by atoms with Crippen LogP contribution in [0.25, 0.3) is 11.1 Å². The third-order valence-corrected chi connectivity index (χ3v) is 5.79. The molecule has 41 heavy (non-hydrogen) atoms. The van der Waals surface area contributed by atoms with Crippen LogP contribution in [0.4, 0.5) is 8.78 Å². The first kappa shape index (κ1) is 32.9. The zero-order valence-corrected chi connectivity index (χ0v) is 23.5. The fraction of sp³-hybridized carbons (Fsp3) is 0.257. The molecule has 0 fully saturated rings. The fourth-order valence-electron chi connectivity index (χ4n) is 3.69. The minimum absolute atomic E-state index is 0.0458. The lowest BCUT2D eigenvalue weighted by Crippen LogP contribution is -2.11. The van der Waals surface area contributed by atoms with Gasteiger partial charge in [0.1, 0.15) is 22.9 Å². The van der Waals surface area contributed by atoms with E-state index in [9.17, 15) is 23.5 Å². The number of carbonyl (C=O) groups excluding carboxylic acids is 1. The van der Waals surface area contributed by atoms with Gasteiger partial charge in [-0.15, -0.1) is 0 Å². The normalized spacial score (nSPS) is 12.3. The number of esters is 1. The summed E-state index contributed by atoms with van der Waals surface area (Å²) in [5.41, 5.74) is -0.00406. The van der Waals surface area contributed by atoms with E-state index < -0.39 is 23.6 Å². The number of benzene rings is 2. The second-order valence-electron chi connectivity index (χ2n) is 9.07. The van der Waals surface area contributed by atoms with Crippen LogP contribution in [0.3, 0.4) is 0 Å². The van der Waals surface area contributed by atoms with Gasteiger partial charge in [0.05, 0.1) is 0 Å². The van der Waals surface area contributed by atoms with Crippen molar-refractivity contribution in [1.82, 2.24) is 0 Å². The Hall–Kier alpha value is -4.32. The number of carbonyl (C=O) groups is 2. The van der Waals surface area contributed by atoms with Crippen molar-refractivity contribution in [2.75, 3.05) is 0 Å². The SMILES string of the molecule is CC/C=C\C/C=C\C/C=C\C/C=C\C/C=C\C/C=C\CCC(=O)Oc1ccc(-c2ccc(F)cc2F)cc1C(=O)O. The Morgan fingerprint density at radius 1 is 0.732 bits per heavy atom. The van der Waals surface area contributed by atoms with Crippen LogP contribution in [-0.4, -0.2) is 17.0 Å². The van der Waals surface area contributed by atoms with Crippen molar-refractivity contribution in [2.45, 2.75) is 58.3 Å². The van der Waals surface area contributed by atoms with E-state index >= 15 is 0 Å². The highest BCUT2D eigenvalue weighted by Crippen LogP contribution is 2.29. The summed E-state index contributed by atoms with van der Waals surface area (Å²) in [6, 6.07) is 6.96. The highest BCUT2D eigenvalue weighted by Gasteiger charge is 2.17. The summed E-state index contributed by atoms with van der Waals surface area (Å²) in [7, 11) is 0. The van der Waals surface area contributed by atoms with Crippen molar-refractivity contribution in [3.8, 4) is 16.9 Å². The summed E-state index contributed by atoms with van der Waals surface area (Å²) in [6.07, 6.45) is 31.3. The van der Waals surface area contributed by atoms with E-state index in [0.717, 1.165) is 50.7 Å². The van der Waals surface area contributed by atoms with E-state index in [0.29, 0.717) is 6.42 Å². The van der Waals surface area contributed by atoms with Gasteiger partial charge < -0.3 is 9.84 Å². The Labute approximate surface area is 241 Å². The Morgan fingerprint density at radius 2 is 1.27 bits per heavy atom. The number of rotatable bonds is 17. The van der Waals surface area contributed by atoms with Gasteiger partial charge >= 0.3 is 11.9 Å². The lowest BCUT2D eigenvalue weighted by molar-refractivity contribution is -0.134. The maximum atomic E-state index is 14.1. The monoisotopic (exact) mass is 560 g/mol. The van der Waals surface area contributed by atoms with Gasteiger partial charge in [-0.3, -0.25) is 4.79 Å². The topological polar surface area (TPSA) is 63.6 Å². The van der Waals surface area contributed by atoms with Gasteiger partial charge in [0.2, 0.25) is 0 Å². The molecule has 2 rings (SSSR count). The molecule has 0 unspecified atom stereocenters. The maximum absolute atomic E-state index is 14.1. The van der Waals surface area contributed by atoms with Gasteiger partial charge in [-0.1, -0.05) is 85.9 Å². The van der Waals surface area contributed by atoms with E-state index in [1.165, 1.54) is 24.3 Å². The van der Waals surface area contributed by atoms with Crippen molar-refractivity contribution in [2.24, 2.45) is 0 Å². The number of ether oxygens (including phenoxy) is 1. The number of aromatic carboxylic acids is 1. The number of hydrogen-bond acceptors (Lipinski definition) is 3. The van der Waals surface area contributed by atoms with Crippen LogP contribution >= 0.6 is 0 Å². The molecule has 0 amide bonds. The highest BCUT2D eigenvalue weighted by molar-refractivity contribution is 5.93. The minimum atomic E-state index is -1.32. The van der Waals surface area contributed by atoms with E-state index in [2.05, 4.69) is 67.7 Å². The van der Waals surface area contributed by atoms with Crippen molar-refractivity contribution < 1.29 is 28.2 Å². The Morgan fingerprint density at radius 3 is 1.78 bits per heavy atom. The van der Waals surface area contributed by atoms with Gasteiger partial charge in [-0.05, 0) is 74.8 Å². The average molecular weight is 561 g/mol. The molecule has 0 spiro atoms. The van der Waals surface area contributed by atoms with Crippen molar-refractivity contribution in [1.29, 1.82) is 0 Å². The van der Waals surface area contributed by atoms with Crippen molar-refractivity contribution in [3.05, 3.63) is 127 Å². The van der Waals surface area contributed by atoms with Crippen molar-refractivity contribution in [3.63, 3.8) is 0 Å². The molecule has 0 atom stereocenters. The fourth-order valence-corrected chi connectivity index (χ4v) is 3.69.